The Labute approximate surface area is 283 Å². The van der Waals surface area contributed by atoms with E-state index in [2.05, 4.69) is 20.3 Å². The smallest absolute Gasteiger partial charge is 0.416 e. The molecule has 15 heteroatoms. The molecule has 3 fully saturated rings. The number of benzene rings is 2. The highest BCUT2D eigenvalue weighted by atomic mass is 32.2. The van der Waals surface area contributed by atoms with Gasteiger partial charge in [0.15, 0.2) is 23.1 Å². The van der Waals surface area contributed by atoms with Crippen LogP contribution in [0.5, 0.6) is 0 Å². The summed E-state index contributed by atoms with van der Waals surface area (Å²) in [6, 6.07) is 10.2. The summed E-state index contributed by atoms with van der Waals surface area (Å²) >= 11 is 0. The summed E-state index contributed by atoms with van der Waals surface area (Å²) in [7, 11) is -3.02. The van der Waals surface area contributed by atoms with E-state index >= 15 is 4.39 Å². The van der Waals surface area contributed by atoms with Crippen LogP contribution in [0.3, 0.4) is 0 Å². The van der Waals surface area contributed by atoms with Crippen molar-refractivity contribution in [3.63, 3.8) is 0 Å². The summed E-state index contributed by atoms with van der Waals surface area (Å²) < 4.78 is 105. The number of halogens is 5. The zero-order valence-electron chi connectivity index (χ0n) is 26.7. The molecule has 0 aliphatic heterocycles. The number of nitrogens with one attached hydrogen (secondary N) is 1. The van der Waals surface area contributed by atoms with Crippen LogP contribution in [0.2, 0.25) is 0 Å². The van der Waals surface area contributed by atoms with E-state index in [1.54, 1.807) is 19.1 Å². The van der Waals surface area contributed by atoms with Gasteiger partial charge in [-0.2, -0.15) is 13.2 Å². The fraction of sp³-hybridized carbons (Fsp3) is 0.314. The standard InChI is InChI=1S/C35H30F5N5O4S/c1-18-3-13-24(14-4-18)50(47,48)45-17-26(25-15-23(36)16-41-33(25)45)31-43-30(21-9-11-22(12-10-21)35(38,39)40)28(37)32(44-31)42-29-20-7-5-19(6-8-20)27(29)34(46)49-2/h3-4,9-17,19-20,27,29H,5-8H2,1-2H3,(H,42,43,44). The number of carbonyl (C=O) groups is 1. The zero-order valence-corrected chi connectivity index (χ0v) is 27.5. The van der Waals surface area contributed by atoms with Gasteiger partial charge in [0.25, 0.3) is 10.0 Å². The van der Waals surface area contributed by atoms with E-state index in [9.17, 15) is 30.8 Å². The highest BCUT2D eigenvalue weighted by Gasteiger charge is 2.48. The number of anilines is 1. The molecule has 0 radical (unpaired) electrons. The molecule has 9 nitrogen and oxygen atoms in total. The van der Waals surface area contributed by atoms with Crippen molar-refractivity contribution < 1.29 is 39.9 Å². The number of aryl methyl sites for hydroxylation is 1. The van der Waals surface area contributed by atoms with E-state index in [1.165, 1.54) is 19.2 Å². The van der Waals surface area contributed by atoms with Crippen LogP contribution < -0.4 is 5.32 Å². The van der Waals surface area contributed by atoms with Gasteiger partial charge in [0.1, 0.15) is 11.5 Å². The molecule has 3 aromatic heterocycles. The number of nitrogens with zero attached hydrogens (tertiary/aromatic N) is 4. The normalized spacial score (nSPS) is 20.6. The summed E-state index contributed by atoms with van der Waals surface area (Å²) in [6.45, 7) is 1.79. The average molecular weight is 712 g/mol. The second-order valence-electron chi connectivity index (χ2n) is 12.7. The third-order valence-corrected chi connectivity index (χ3v) is 11.4. The third kappa shape index (κ3) is 5.86. The minimum absolute atomic E-state index is 0.0114. The quantitative estimate of drug-likeness (QED) is 0.137. The molecule has 2 unspecified atom stereocenters. The van der Waals surface area contributed by atoms with Gasteiger partial charge in [0.05, 0.1) is 29.7 Å². The number of esters is 1. The fourth-order valence-electron chi connectivity index (χ4n) is 7.20. The Kier molecular flexibility index (Phi) is 8.36. The predicted molar refractivity (Wildman–Crippen MR) is 173 cm³/mol. The summed E-state index contributed by atoms with van der Waals surface area (Å²) in [5.74, 6) is -3.53. The molecular weight excluding hydrogens is 681 g/mol. The molecule has 260 valence electrons. The van der Waals surface area contributed by atoms with Crippen LogP contribution in [0, 0.1) is 36.3 Å². The van der Waals surface area contributed by atoms with E-state index in [0.29, 0.717) is 0 Å². The van der Waals surface area contributed by atoms with Crippen molar-refractivity contribution in [2.75, 3.05) is 12.4 Å². The number of fused-ring (bicyclic) bond motifs is 4. The molecule has 3 saturated carbocycles. The fourth-order valence-corrected chi connectivity index (χ4v) is 8.53. The Morgan fingerprint density at radius 3 is 2.26 bits per heavy atom. The van der Waals surface area contributed by atoms with Crippen molar-refractivity contribution >= 4 is 32.8 Å². The van der Waals surface area contributed by atoms with E-state index in [1.807, 2.05) is 0 Å². The van der Waals surface area contributed by atoms with Crippen LogP contribution in [0.4, 0.5) is 27.8 Å². The number of rotatable bonds is 7. The zero-order chi connectivity index (χ0) is 35.5. The second kappa shape index (κ2) is 12.4. The summed E-state index contributed by atoms with van der Waals surface area (Å²) in [4.78, 5) is 25.8. The predicted octanol–water partition coefficient (Wildman–Crippen LogP) is 7.39. The van der Waals surface area contributed by atoms with Gasteiger partial charge in [-0.15, -0.1) is 0 Å². The van der Waals surface area contributed by atoms with Gasteiger partial charge in [-0.3, -0.25) is 4.79 Å². The van der Waals surface area contributed by atoms with Crippen LogP contribution in [-0.2, 0) is 25.7 Å². The average Bonchev–Trinajstić information content (AvgIpc) is 3.48. The Balaban J connectivity index is 1.43. The molecule has 3 heterocycles. The maximum atomic E-state index is 16.5. The first-order valence-corrected chi connectivity index (χ1v) is 17.3. The van der Waals surface area contributed by atoms with Crippen LogP contribution in [0.1, 0.15) is 36.8 Å². The molecule has 3 aliphatic carbocycles. The molecule has 50 heavy (non-hydrogen) atoms. The molecule has 8 rings (SSSR count). The molecule has 2 bridgehead atoms. The van der Waals surface area contributed by atoms with Crippen LogP contribution >= 0.6 is 0 Å². The second-order valence-corrected chi connectivity index (χ2v) is 14.5. The molecular formula is C35H30F5N5O4S. The van der Waals surface area contributed by atoms with Crippen molar-refractivity contribution in [3.05, 3.63) is 89.8 Å². The van der Waals surface area contributed by atoms with E-state index < -0.39 is 57.0 Å². The molecule has 2 atom stereocenters. The molecule has 0 saturated heterocycles. The number of alkyl halides is 3. The lowest BCUT2D eigenvalue weighted by Crippen LogP contribution is -2.52. The Morgan fingerprint density at radius 1 is 0.960 bits per heavy atom. The lowest BCUT2D eigenvalue weighted by molar-refractivity contribution is -0.152. The summed E-state index contributed by atoms with van der Waals surface area (Å²) in [5.41, 5.74) is -0.757. The maximum Gasteiger partial charge on any atom is 0.416 e. The van der Waals surface area contributed by atoms with E-state index in [-0.39, 0.29) is 50.5 Å². The molecule has 0 amide bonds. The highest BCUT2D eigenvalue weighted by Crippen LogP contribution is 2.47. The van der Waals surface area contributed by atoms with Crippen molar-refractivity contribution in [2.24, 2.45) is 17.8 Å². The van der Waals surface area contributed by atoms with Gasteiger partial charge in [-0.1, -0.05) is 29.8 Å². The van der Waals surface area contributed by atoms with Crippen molar-refractivity contribution in [2.45, 2.75) is 49.7 Å². The minimum Gasteiger partial charge on any atom is -0.469 e. The maximum absolute atomic E-state index is 16.5. The molecule has 0 spiro atoms. The number of ether oxygens (including phenoxy) is 1. The van der Waals surface area contributed by atoms with Gasteiger partial charge < -0.3 is 10.1 Å². The molecule has 2 aromatic carbocycles. The van der Waals surface area contributed by atoms with Crippen molar-refractivity contribution in [3.8, 4) is 22.6 Å². The highest BCUT2D eigenvalue weighted by molar-refractivity contribution is 7.90. The van der Waals surface area contributed by atoms with Gasteiger partial charge in [-0.05, 0) is 74.8 Å². The van der Waals surface area contributed by atoms with Gasteiger partial charge >= 0.3 is 12.1 Å². The van der Waals surface area contributed by atoms with Crippen LogP contribution in [0.15, 0.2) is 71.9 Å². The van der Waals surface area contributed by atoms with Gasteiger partial charge in [-0.25, -0.2) is 36.1 Å². The van der Waals surface area contributed by atoms with Crippen LogP contribution in [0.25, 0.3) is 33.7 Å². The number of hydrogen-bond acceptors (Lipinski definition) is 8. The summed E-state index contributed by atoms with van der Waals surface area (Å²) in [5, 5.41) is 3.09. The first-order valence-electron chi connectivity index (χ1n) is 15.8. The third-order valence-electron chi connectivity index (χ3n) is 9.73. The van der Waals surface area contributed by atoms with Crippen molar-refractivity contribution in [1.82, 2.24) is 18.9 Å². The van der Waals surface area contributed by atoms with E-state index in [4.69, 9.17) is 4.74 Å². The van der Waals surface area contributed by atoms with Gasteiger partial charge in [0, 0.05) is 28.8 Å². The SMILES string of the molecule is COC(=O)C1C2CCC(CC2)C1Nc1nc(-c2cn(S(=O)(=O)c3ccc(C)cc3)c3ncc(F)cc23)nc(-c2ccc(C(F)(F)F)cc2)c1F. The largest absolute Gasteiger partial charge is 0.469 e. The molecule has 1 N–H and O–H groups in total. The van der Waals surface area contributed by atoms with Crippen LogP contribution in [-0.4, -0.2) is 46.5 Å². The first kappa shape index (κ1) is 33.6. The minimum atomic E-state index is -4.65. The van der Waals surface area contributed by atoms with E-state index in [0.717, 1.165) is 77.9 Å². The Morgan fingerprint density at radius 2 is 1.62 bits per heavy atom. The number of carbonyl (C=O) groups excluding carboxylic acids is 1. The lowest BCUT2D eigenvalue weighted by atomic mass is 9.61. The lowest BCUT2D eigenvalue weighted by Gasteiger charge is -2.47. The number of aromatic nitrogens is 4. The molecule has 5 aromatic rings. The summed E-state index contributed by atoms with van der Waals surface area (Å²) in [6.07, 6.45) is 0.498. The topological polar surface area (TPSA) is 116 Å². The van der Waals surface area contributed by atoms with Crippen molar-refractivity contribution in [1.29, 1.82) is 0 Å². The number of pyridine rings is 1. The Hall–Kier alpha value is -4.92. The molecule has 3 aliphatic rings. The van der Waals surface area contributed by atoms with Gasteiger partial charge in [0.2, 0.25) is 0 Å². The number of hydrogen-bond donors (Lipinski definition) is 1. The monoisotopic (exact) mass is 711 g/mol. The Bertz CT molecular complexity index is 2220. The number of methoxy groups -OCH3 is 1. The first-order chi connectivity index (χ1) is 23.8.